The average Bonchev–Trinajstić information content (AvgIpc) is 2.43. The normalized spacial score (nSPS) is 49.4. The van der Waals surface area contributed by atoms with Crippen molar-refractivity contribution >= 4 is 5.78 Å². The maximum absolute atomic E-state index is 13.3. The van der Waals surface area contributed by atoms with Crippen molar-refractivity contribution in [2.75, 3.05) is 0 Å². The Morgan fingerprint density at radius 3 is 2.43 bits per heavy atom. The van der Waals surface area contributed by atoms with E-state index < -0.39 is 0 Å². The van der Waals surface area contributed by atoms with Crippen molar-refractivity contribution in [3.8, 4) is 0 Å². The van der Waals surface area contributed by atoms with Gasteiger partial charge in [-0.2, -0.15) is 0 Å². The lowest BCUT2D eigenvalue weighted by molar-refractivity contribution is -0.165. The molecule has 0 aromatic carbocycles. The molecule has 0 heterocycles. The summed E-state index contributed by atoms with van der Waals surface area (Å²) < 4.78 is 0. The maximum Gasteiger partial charge on any atom is 0.139 e. The number of hydrogen-bond acceptors (Lipinski definition) is 1. The van der Waals surface area contributed by atoms with Crippen LogP contribution in [0.5, 0.6) is 0 Å². The quantitative estimate of drug-likeness (QED) is 0.625. The van der Waals surface area contributed by atoms with Crippen LogP contribution in [0.1, 0.15) is 79.6 Å². The Kier molecular flexibility index (Phi) is 3.78. The number of ketones is 1. The van der Waals surface area contributed by atoms with E-state index in [1.165, 1.54) is 38.5 Å². The molecule has 0 aliphatic heterocycles. The third kappa shape index (κ3) is 2.13. The van der Waals surface area contributed by atoms with Crippen LogP contribution in [-0.2, 0) is 4.79 Å². The van der Waals surface area contributed by atoms with Crippen molar-refractivity contribution in [1.29, 1.82) is 0 Å². The molecule has 0 aromatic heterocycles. The van der Waals surface area contributed by atoms with E-state index in [2.05, 4.69) is 34.6 Å². The van der Waals surface area contributed by atoms with Gasteiger partial charge in [0.1, 0.15) is 5.78 Å². The Bertz CT molecular complexity index is 424. The molecule has 6 atom stereocenters. The van der Waals surface area contributed by atoms with Crippen LogP contribution in [0.25, 0.3) is 0 Å². The molecule has 1 heteroatoms. The third-order valence-corrected chi connectivity index (χ3v) is 8.10. The van der Waals surface area contributed by atoms with Crippen molar-refractivity contribution in [1.82, 2.24) is 0 Å². The smallest absolute Gasteiger partial charge is 0.139 e. The Morgan fingerprint density at radius 2 is 1.76 bits per heavy atom. The van der Waals surface area contributed by atoms with E-state index >= 15 is 0 Å². The lowest BCUT2D eigenvalue weighted by atomic mass is 9.42. The van der Waals surface area contributed by atoms with Gasteiger partial charge in [0, 0.05) is 11.8 Å². The van der Waals surface area contributed by atoms with Crippen LogP contribution in [0.2, 0.25) is 0 Å². The first-order valence-corrected chi connectivity index (χ1v) is 9.36. The molecule has 0 radical (unpaired) electrons. The predicted molar refractivity (Wildman–Crippen MR) is 88.0 cm³/mol. The number of hydrogen-bond donors (Lipinski definition) is 0. The first kappa shape index (κ1) is 15.6. The van der Waals surface area contributed by atoms with Crippen LogP contribution in [0.3, 0.4) is 0 Å². The second-order valence-corrected chi connectivity index (χ2v) is 9.22. The number of fused-ring (bicyclic) bond motifs is 3. The lowest BCUT2D eigenvalue weighted by Crippen LogP contribution is -2.59. The van der Waals surface area contributed by atoms with Crippen molar-refractivity contribution in [3.05, 3.63) is 0 Å². The standard InChI is InChI=1S/C20H34O/c1-6-14-15-9-7-8-11-20(15,5)16-10-12-19(3,4)13(2)17(16)18(14)21/h13-17H,6-12H2,1-5H3/t13?,14-,15?,16+,17?,20?/m1/s1. The molecule has 3 rings (SSSR count). The zero-order valence-corrected chi connectivity index (χ0v) is 14.7. The molecule has 0 amide bonds. The van der Waals surface area contributed by atoms with E-state index in [-0.39, 0.29) is 0 Å². The van der Waals surface area contributed by atoms with Crippen LogP contribution < -0.4 is 0 Å². The summed E-state index contributed by atoms with van der Waals surface area (Å²) >= 11 is 0. The molecule has 3 aliphatic rings. The van der Waals surface area contributed by atoms with Crippen molar-refractivity contribution in [3.63, 3.8) is 0 Å². The van der Waals surface area contributed by atoms with Gasteiger partial charge in [-0.25, -0.2) is 0 Å². The monoisotopic (exact) mass is 290 g/mol. The zero-order chi connectivity index (χ0) is 15.4. The minimum atomic E-state index is 0.340. The molecule has 120 valence electrons. The highest BCUT2D eigenvalue weighted by molar-refractivity contribution is 5.85. The highest BCUT2D eigenvalue weighted by Gasteiger charge is 2.60. The number of carbonyl (C=O) groups excluding carboxylic acids is 1. The first-order valence-electron chi connectivity index (χ1n) is 9.36. The highest BCUT2D eigenvalue weighted by Crippen LogP contribution is 2.63. The van der Waals surface area contributed by atoms with E-state index in [0.717, 1.165) is 6.42 Å². The molecule has 0 spiro atoms. The van der Waals surface area contributed by atoms with Gasteiger partial charge < -0.3 is 0 Å². The Morgan fingerprint density at radius 1 is 1.05 bits per heavy atom. The summed E-state index contributed by atoms with van der Waals surface area (Å²) in [5, 5.41) is 0. The maximum atomic E-state index is 13.3. The summed E-state index contributed by atoms with van der Waals surface area (Å²) in [6.07, 6.45) is 9.08. The minimum Gasteiger partial charge on any atom is -0.299 e. The average molecular weight is 290 g/mol. The number of rotatable bonds is 1. The van der Waals surface area contributed by atoms with Gasteiger partial charge in [0.05, 0.1) is 0 Å². The van der Waals surface area contributed by atoms with E-state index in [1.807, 2.05) is 0 Å². The molecule has 21 heavy (non-hydrogen) atoms. The molecular weight excluding hydrogens is 256 g/mol. The SMILES string of the molecule is CC[C@H]1C(=O)C2C(C)C(C)(C)CC[C@@H]2C2(C)CCCCC12. The van der Waals surface area contributed by atoms with Gasteiger partial charge in [-0.15, -0.1) is 0 Å². The van der Waals surface area contributed by atoms with E-state index in [4.69, 9.17) is 0 Å². The van der Waals surface area contributed by atoms with Crippen LogP contribution in [0, 0.1) is 40.4 Å². The first-order chi connectivity index (χ1) is 9.83. The van der Waals surface area contributed by atoms with Crippen LogP contribution in [0.15, 0.2) is 0 Å². The Hall–Kier alpha value is -0.330. The van der Waals surface area contributed by atoms with Gasteiger partial charge in [0.2, 0.25) is 0 Å². The lowest BCUT2D eigenvalue weighted by Gasteiger charge is -2.61. The second-order valence-electron chi connectivity index (χ2n) is 9.22. The van der Waals surface area contributed by atoms with Gasteiger partial charge in [-0.3, -0.25) is 4.79 Å². The molecular formula is C20H34O. The zero-order valence-electron chi connectivity index (χ0n) is 14.7. The Labute approximate surface area is 131 Å². The molecule has 1 nitrogen and oxygen atoms in total. The van der Waals surface area contributed by atoms with Gasteiger partial charge in [-0.05, 0) is 60.7 Å². The summed E-state index contributed by atoms with van der Waals surface area (Å²) in [6, 6.07) is 0. The molecule has 3 saturated carbocycles. The van der Waals surface area contributed by atoms with E-state index in [9.17, 15) is 4.79 Å². The summed E-state index contributed by atoms with van der Waals surface area (Å²) in [6.45, 7) is 11.9. The fourth-order valence-corrected chi connectivity index (χ4v) is 6.39. The fourth-order valence-electron chi connectivity index (χ4n) is 6.39. The highest BCUT2D eigenvalue weighted by atomic mass is 16.1. The molecule has 4 unspecified atom stereocenters. The van der Waals surface area contributed by atoms with Crippen molar-refractivity contribution < 1.29 is 4.79 Å². The molecule has 3 aliphatic carbocycles. The van der Waals surface area contributed by atoms with E-state index in [0.29, 0.717) is 46.2 Å². The summed E-state index contributed by atoms with van der Waals surface area (Å²) in [5.74, 6) is 3.25. The molecule has 3 fully saturated rings. The van der Waals surface area contributed by atoms with Gasteiger partial charge in [0.25, 0.3) is 0 Å². The van der Waals surface area contributed by atoms with Crippen LogP contribution in [0.4, 0.5) is 0 Å². The largest absolute Gasteiger partial charge is 0.299 e. The Balaban J connectivity index is 2.02. The molecule has 0 bridgehead atoms. The molecule has 0 aromatic rings. The predicted octanol–water partition coefficient (Wildman–Crippen LogP) is 5.48. The summed E-state index contributed by atoms with van der Waals surface area (Å²) in [7, 11) is 0. The molecule has 0 N–H and O–H groups in total. The number of carbonyl (C=O) groups is 1. The topological polar surface area (TPSA) is 17.1 Å². The third-order valence-electron chi connectivity index (χ3n) is 8.10. The van der Waals surface area contributed by atoms with E-state index in [1.54, 1.807) is 0 Å². The second kappa shape index (κ2) is 5.10. The minimum absolute atomic E-state index is 0.340. The summed E-state index contributed by atoms with van der Waals surface area (Å²) in [5.41, 5.74) is 0.787. The van der Waals surface area contributed by atoms with Gasteiger partial charge >= 0.3 is 0 Å². The van der Waals surface area contributed by atoms with Crippen LogP contribution in [-0.4, -0.2) is 5.78 Å². The summed E-state index contributed by atoms with van der Waals surface area (Å²) in [4.78, 5) is 13.3. The molecule has 0 saturated heterocycles. The van der Waals surface area contributed by atoms with Crippen molar-refractivity contribution in [2.45, 2.75) is 79.6 Å². The fraction of sp³-hybridized carbons (Fsp3) is 0.950. The van der Waals surface area contributed by atoms with Gasteiger partial charge in [-0.1, -0.05) is 47.5 Å². The number of Topliss-reactive ketones (excluding diaryl/α,β-unsaturated/α-hetero) is 1. The van der Waals surface area contributed by atoms with Gasteiger partial charge in [0.15, 0.2) is 0 Å². The van der Waals surface area contributed by atoms with Crippen molar-refractivity contribution in [2.24, 2.45) is 40.4 Å². The van der Waals surface area contributed by atoms with Crippen LogP contribution >= 0.6 is 0 Å².